The van der Waals surface area contributed by atoms with Gasteiger partial charge in [-0.05, 0) is 58.5 Å². The van der Waals surface area contributed by atoms with Crippen LogP contribution in [0.1, 0.15) is 46.5 Å². The van der Waals surface area contributed by atoms with Gasteiger partial charge in [-0.3, -0.25) is 9.89 Å². The van der Waals surface area contributed by atoms with Crippen LogP contribution < -0.4 is 5.32 Å². The summed E-state index contributed by atoms with van der Waals surface area (Å²) in [6.07, 6.45) is 5.36. The fourth-order valence-electron chi connectivity index (χ4n) is 4.22. The number of morpholine rings is 1. The zero-order valence-corrected chi connectivity index (χ0v) is 19.7. The summed E-state index contributed by atoms with van der Waals surface area (Å²) in [5, 5.41) is 3.49. The first-order chi connectivity index (χ1) is 12.7. The molecular formula is C20H39IN4O2. The van der Waals surface area contributed by atoms with Crippen molar-refractivity contribution in [3.05, 3.63) is 0 Å². The number of aliphatic imine (C=N–C) groups is 1. The van der Waals surface area contributed by atoms with Crippen molar-refractivity contribution in [1.29, 1.82) is 0 Å². The van der Waals surface area contributed by atoms with Gasteiger partial charge in [0.1, 0.15) is 6.10 Å². The van der Waals surface area contributed by atoms with Gasteiger partial charge < -0.3 is 19.7 Å². The molecule has 0 aliphatic carbocycles. The van der Waals surface area contributed by atoms with E-state index in [9.17, 15) is 0 Å². The van der Waals surface area contributed by atoms with Crippen molar-refractivity contribution in [2.75, 3.05) is 52.5 Å². The fourth-order valence-corrected chi connectivity index (χ4v) is 4.22. The van der Waals surface area contributed by atoms with E-state index in [1.807, 2.05) is 0 Å². The number of nitrogens with one attached hydrogen (secondary N) is 1. The van der Waals surface area contributed by atoms with Crippen LogP contribution in [0.4, 0.5) is 0 Å². The van der Waals surface area contributed by atoms with Crippen molar-refractivity contribution in [2.45, 2.75) is 64.7 Å². The lowest BCUT2D eigenvalue weighted by Crippen LogP contribution is -2.53. The molecule has 3 rings (SSSR count). The molecule has 6 nitrogen and oxygen atoms in total. The molecule has 3 saturated heterocycles. The molecule has 0 aromatic carbocycles. The Bertz CT molecular complexity index is 451. The Kier molecular flexibility index (Phi) is 10.1. The number of likely N-dealkylation sites (tertiary alicyclic amines) is 1. The van der Waals surface area contributed by atoms with Gasteiger partial charge in [0, 0.05) is 32.3 Å². The molecule has 3 fully saturated rings. The normalized spacial score (nSPS) is 29.4. The smallest absolute Gasteiger partial charge is 0.194 e. The van der Waals surface area contributed by atoms with Gasteiger partial charge in [0.05, 0.1) is 19.3 Å². The summed E-state index contributed by atoms with van der Waals surface area (Å²) in [5.74, 6) is 1.92. The van der Waals surface area contributed by atoms with Crippen molar-refractivity contribution in [1.82, 2.24) is 15.1 Å². The molecule has 3 aliphatic rings. The number of rotatable bonds is 5. The van der Waals surface area contributed by atoms with Gasteiger partial charge in [-0.2, -0.15) is 0 Å². The van der Waals surface area contributed by atoms with E-state index in [1.54, 1.807) is 0 Å². The number of ether oxygens (including phenoxy) is 2. The SMILES string of the molecule is CCNC(=NCC(C)N1CCC(C)CC1)N1CCOC(C2CCCO2)C1.I. The predicted molar refractivity (Wildman–Crippen MR) is 121 cm³/mol. The minimum atomic E-state index is 0. The molecule has 1 N–H and O–H groups in total. The number of piperidine rings is 1. The van der Waals surface area contributed by atoms with E-state index < -0.39 is 0 Å². The average molecular weight is 494 g/mol. The fraction of sp³-hybridized carbons (Fsp3) is 0.950. The molecule has 0 saturated carbocycles. The monoisotopic (exact) mass is 494 g/mol. The van der Waals surface area contributed by atoms with E-state index in [-0.39, 0.29) is 36.2 Å². The molecule has 7 heteroatoms. The van der Waals surface area contributed by atoms with Gasteiger partial charge in [-0.1, -0.05) is 6.92 Å². The standard InChI is InChI=1S/C20H38N4O2.HI/c1-4-21-20(22-14-17(3)23-9-7-16(2)8-10-23)24-11-13-26-19(15-24)18-6-5-12-25-18;/h16-19H,4-15H2,1-3H3,(H,21,22);1H. The average Bonchev–Trinajstić information content (AvgIpc) is 3.20. The van der Waals surface area contributed by atoms with Crippen LogP contribution in [0, 0.1) is 5.92 Å². The summed E-state index contributed by atoms with van der Waals surface area (Å²) in [6, 6.07) is 0.506. The van der Waals surface area contributed by atoms with Crippen LogP contribution in [-0.4, -0.2) is 86.5 Å². The van der Waals surface area contributed by atoms with E-state index in [4.69, 9.17) is 14.5 Å². The van der Waals surface area contributed by atoms with Gasteiger partial charge in [0.2, 0.25) is 0 Å². The van der Waals surface area contributed by atoms with Crippen molar-refractivity contribution in [3.63, 3.8) is 0 Å². The molecular weight excluding hydrogens is 455 g/mol. The van der Waals surface area contributed by atoms with Crippen molar-refractivity contribution in [2.24, 2.45) is 10.9 Å². The topological polar surface area (TPSA) is 49.3 Å². The zero-order valence-electron chi connectivity index (χ0n) is 17.4. The first-order valence-electron chi connectivity index (χ1n) is 10.7. The summed E-state index contributed by atoms with van der Waals surface area (Å²) < 4.78 is 11.8. The van der Waals surface area contributed by atoms with E-state index in [0.29, 0.717) is 6.04 Å². The van der Waals surface area contributed by atoms with Gasteiger partial charge in [-0.25, -0.2) is 0 Å². The highest BCUT2D eigenvalue weighted by Gasteiger charge is 2.32. The van der Waals surface area contributed by atoms with Crippen LogP contribution in [0.3, 0.4) is 0 Å². The highest BCUT2D eigenvalue weighted by Crippen LogP contribution is 2.21. The molecule has 3 aliphatic heterocycles. The summed E-state index contributed by atoms with van der Waals surface area (Å²) in [5.41, 5.74) is 0. The molecule has 0 amide bonds. The van der Waals surface area contributed by atoms with Crippen molar-refractivity contribution in [3.8, 4) is 0 Å². The van der Waals surface area contributed by atoms with Crippen molar-refractivity contribution >= 4 is 29.9 Å². The Morgan fingerprint density at radius 3 is 2.52 bits per heavy atom. The molecule has 27 heavy (non-hydrogen) atoms. The zero-order chi connectivity index (χ0) is 18.4. The third-order valence-corrected chi connectivity index (χ3v) is 6.05. The van der Waals surface area contributed by atoms with Crippen molar-refractivity contribution < 1.29 is 9.47 Å². The second kappa shape index (κ2) is 11.8. The van der Waals surface area contributed by atoms with E-state index in [2.05, 4.69) is 35.9 Å². The molecule has 158 valence electrons. The summed E-state index contributed by atoms with van der Waals surface area (Å²) in [7, 11) is 0. The lowest BCUT2D eigenvalue weighted by Gasteiger charge is -2.38. The number of hydrogen-bond donors (Lipinski definition) is 1. The van der Waals surface area contributed by atoms with Crippen LogP contribution in [-0.2, 0) is 9.47 Å². The second-order valence-corrected chi connectivity index (χ2v) is 8.17. The van der Waals surface area contributed by atoms with Gasteiger partial charge in [0.25, 0.3) is 0 Å². The molecule has 3 atom stereocenters. The Balaban J connectivity index is 0.00000261. The molecule has 0 aromatic heterocycles. The Labute approximate surface area is 182 Å². The molecule has 0 bridgehead atoms. The Morgan fingerprint density at radius 2 is 1.85 bits per heavy atom. The van der Waals surface area contributed by atoms with Crippen LogP contribution in [0.15, 0.2) is 4.99 Å². The quantitative estimate of drug-likeness (QED) is 0.362. The van der Waals surface area contributed by atoms with E-state index >= 15 is 0 Å². The minimum absolute atomic E-state index is 0. The van der Waals surface area contributed by atoms with Crippen LogP contribution in [0.2, 0.25) is 0 Å². The highest BCUT2D eigenvalue weighted by atomic mass is 127. The minimum Gasteiger partial charge on any atom is -0.375 e. The lowest BCUT2D eigenvalue weighted by atomic mass is 9.98. The first-order valence-corrected chi connectivity index (χ1v) is 10.7. The molecule has 3 heterocycles. The molecule has 0 aromatic rings. The second-order valence-electron chi connectivity index (χ2n) is 8.17. The predicted octanol–water partition coefficient (Wildman–Crippen LogP) is 2.57. The van der Waals surface area contributed by atoms with Crippen LogP contribution >= 0.6 is 24.0 Å². The van der Waals surface area contributed by atoms with E-state index in [1.165, 1.54) is 25.9 Å². The molecule has 3 unspecified atom stereocenters. The highest BCUT2D eigenvalue weighted by molar-refractivity contribution is 14.0. The summed E-state index contributed by atoms with van der Waals surface area (Å²) >= 11 is 0. The molecule has 0 radical (unpaired) electrons. The number of halogens is 1. The maximum atomic E-state index is 5.99. The van der Waals surface area contributed by atoms with E-state index in [0.717, 1.165) is 64.1 Å². The summed E-state index contributed by atoms with van der Waals surface area (Å²) in [4.78, 5) is 9.95. The third-order valence-electron chi connectivity index (χ3n) is 6.05. The largest absolute Gasteiger partial charge is 0.375 e. The lowest BCUT2D eigenvalue weighted by molar-refractivity contribution is -0.0817. The first kappa shape index (κ1) is 23.2. The number of guanidine groups is 1. The third kappa shape index (κ3) is 6.72. The Hall–Kier alpha value is -0.120. The molecule has 0 spiro atoms. The Morgan fingerprint density at radius 1 is 1.11 bits per heavy atom. The van der Waals surface area contributed by atoms with Crippen LogP contribution in [0.25, 0.3) is 0 Å². The van der Waals surface area contributed by atoms with Gasteiger partial charge >= 0.3 is 0 Å². The van der Waals surface area contributed by atoms with Crippen LogP contribution in [0.5, 0.6) is 0 Å². The van der Waals surface area contributed by atoms with Gasteiger partial charge in [0.15, 0.2) is 5.96 Å². The maximum Gasteiger partial charge on any atom is 0.194 e. The maximum absolute atomic E-state index is 5.99. The number of nitrogens with zero attached hydrogens (tertiary/aromatic N) is 3. The summed E-state index contributed by atoms with van der Waals surface area (Å²) in [6.45, 7) is 14.4. The van der Waals surface area contributed by atoms with Gasteiger partial charge in [-0.15, -0.1) is 24.0 Å². The number of hydrogen-bond acceptors (Lipinski definition) is 4.